The summed E-state index contributed by atoms with van der Waals surface area (Å²) in [6.07, 6.45) is 3.87. The number of rotatable bonds is 4. The van der Waals surface area contributed by atoms with Crippen molar-refractivity contribution in [1.82, 2.24) is 5.43 Å². The Morgan fingerprint density at radius 2 is 1.71 bits per heavy atom. The highest BCUT2D eigenvalue weighted by atomic mass is 35.5. The van der Waals surface area contributed by atoms with Gasteiger partial charge in [-0.3, -0.25) is 5.84 Å². The second-order valence-corrected chi connectivity index (χ2v) is 6.35. The molecule has 0 bridgehead atoms. The largest absolute Gasteiger partial charge is 0.271 e. The van der Waals surface area contributed by atoms with Crippen molar-refractivity contribution < 1.29 is 0 Å². The standard InChI is InChI=1S/C17H18Cl2N2/c18-14-8-3-9-15(19)16(14)17(21-20)13-7-2-6-12(10-13)11-4-1-5-11/h2-3,6-11,17,21H,1,4-5,20H2. The summed E-state index contributed by atoms with van der Waals surface area (Å²) in [5.41, 5.74) is 6.15. The van der Waals surface area contributed by atoms with E-state index in [1.807, 2.05) is 18.2 Å². The minimum Gasteiger partial charge on any atom is -0.271 e. The van der Waals surface area contributed by atoms with Crippen LogP contribution in [0.5, 0.6) is 0 Å². The average molecular weight is 321 g/mol. The SMILES string of the molecule is NNC(c1cccc(C2CCC2)c1)c1c(Cl)cccc1Cl. The molecule has 0 spiro atoms. The molecule has 0 amide bonds. The molecule has 1 aliphatic carbocycles. The minimum atomic E-state index is -0.203. The van der Waals surface area contributed by atoms with Crippen LogP contribution in [0.25, 0.3) is 0 Å². The van der Waals surface area contributed by atoms with Gasteiger partial charge < -0.3 is 0 Å². The quantitative estimate of drug-likeness (QED) is 0.626. The monoisotopic (exact) mass is 320 g/mol. The molecule has 1 fully saturated rings. The second-order valence-electron chi connectivity index (χ2n) is 5.53. The van der Waals surface area contributed by atoms with Crippen molar-refractivity contribution in [3.8, 4) is 0 Å². The van der Waals surface area contributed by atoms with Gasteiger partial charge in [0.2, 0.25) is 0 Å². The minimum absolute atomic E-state index is 0.203. The lowest BCUT2D eigenvalue weighted by Crippen LogP contribution is -2.29. The van der Waals surface area contributed by atoms with E-state index >= 15 is 0 Å². The molecule has 1 saturated carbocycles. The van der Waals surface area contributed by atoms with Crippen molar-refractivity contribution in [1.29, 1.82) is 0 Å². The molecule has 1 aliphatic rings. The number of nitrogens with one attached hydrogen (secondary N) is 1. The van der Waals surface area contributed by atoms with Gasteiger partial charge in [-0.1, -0.05) is 60.0 Å². The van der Waals surface area contributed by atoms with Crippen molar-refractivity contribution in [3.05, 3.63) is 69.2 Å². The number of halogens is 2. The maximum Gasteiger partial charge on any atom is 0.0739 e. The molecular weight excluding hydrogens is 303 g/mol. The lowest BCUT2D eigenvalue weighted by Gasteiger charge is -2.27. The lowest BCUT2D eigenvalue weighted by molar-refractivity contribution is 0.419. The highest BCUT2D eigenvalue weighted by Crippen LogP contribution is 2.39. The van der Waals surface area contributed by atoms with Gasteiger partial charge in [0.05, 0.1) is 6.04 Å². The third-order valence-corrected chi connectivity index (χ3v) is 4.93. The molecule has 3 rings (SSSR count). The van der Waals surface area contributed by atoms with Gasteiger partial charge in [0.1, 0.15) is 0 Å². The van der Waals surface area contributed by atoms with Crippen molar-refractivity contribution in [2.24, 2.45) is 5.84 Å². The highest BCUT2D eigenvalue weighted by Gasteiger charge is 2.22. The van der Waals surface area contributed by atoms with Gasteiger partial charge in [-0.05, 0) is 42.0 Å². The van der Waals surface area contributed by atoms with Gasteiger partial charge in [0, 0.05) is 15.6 Å². The molecule has 1 atom stereocenters. The third-order valence-electron chi connectivity index (χ3n) is 4.28. The second kappa shape index (κ2) is 6.37. The normalized spacial score (nSPS) is 16.5. The summed E-state index contributed by atoms with van der Waals surface area (Å²) in [6, 6.07) is 13.9. The van der Waals surface area contributed by atoms with Gasteiger partial charge in [-0.2, -0.15) is 0 Å². The number of nitrogens with two attached hydrogens (primary N) is 1. The summed E-state index contributed by atoms with van der Waals surface area (Å²) in [4.78, 5) is 0. The van der Waals surface area contributed by atoms with E-state index in [0.717, 1.165) is 11.1 Å². The Hall–Kier alpha value is -1.06. The zero-order valence-electron chi connectivity index (χ0n) is 11.7. The zero-order valence-corrected chi connectivity index (χ0v) is 13.2. The van der Waals surface area contributed by atoms with E-state index in [0.29, 0.717) is 16.0 Å². The molecule has 3 N–H and O–H groups in total. The van der Waals surface area contributed by atoms with Crippen molar-refractivity contribution in [2.45, 2.75) is 31.2 Å². The Labute approximate surface area is 135 Å². The number of benzene rings is 2. The van der Waals surface area contributed by atoms with Crippen LogP contribution in [-0.4, -0.2) is 0 Å². The molecule has 0 heterocycles. The molecule has 0 saturated heterocycles. The van der Waals surface area contributed by atoms with Crippen LogP contribution < -0.4 is 11.3 Å². The van der Waals surface area contributed by atoms with E-state index in [1.165, 1.54) is 24.8 Å². The van der Waals surface area contributed by atoms with Crippen LogP contribution >= 0.6 is 23.2 Å². The predicted octanol–water partition coefficient (Wildman–Crippen LogP) is 4.81. The summed E-state index contributed by atoms with van der Waals surface area (Å²) >= 11 is 12.6. The fourth-order valence-corrected chi connectivity index (χ4v) is 3.48. The van der Waals surface area contributed by atoms with E-state index in [2.05, 4.69) is 29.7 Å². The number of hydrogen-bond acceptors (Lipinski definition) is 2. The van der Waals surface area contributed by atoms with Crippen molar-refractivity contribution in [2.75, 3.05) is 0 Å². The fourth-order valence-electron chi connectivity index (χ4n) is 2.87. The van der Waals surface area contributed by atoms with Gasteiger partial charge in [-0.25, -0.2) is 5.43 Å². The van der Waals surface area contributed by atoms with Crippen LogP contribution in [0.1, 0.15) is 47.9 Å². The van der Waals surface area contributed by atoms with E-state index < -0.39 is 0 Å². The summed E-state index contributed by atoms with van der Waals surface area (Å²) < 4.78 is 0. The molecule has 2 aromatic rings. The lowest BCUT2D eigenvalue weighted by atomic mass is 9.79. The van der Waals surface area contributed by atoms with Crippen LogP contribution in [-0.2, 0) is 0 Å². The average Bonchev–Trinajstić information content (AvgIpc) is 2.41. The first kappa shape index (κ1) is 14.9. The summed E-state index contributed by atoms with van der Waals surface area (Å²) in [6.45, 7) is 0. The van der Waals surface area contributed by atoms with E-state index in [9.17, 15) is 0 Å². The first-order valence-electron chi connectivity index (χ1n) is 7.20. The first-order valence-corrected chi connectivity index (χ1v) is 7.96. The van der Waals surface area contributed by atoms with Crippen LogP contribution in [0.15, 0.2) is 42.5 Å². The zero-order chi connectivity index (χ0) is 14.8. The molecule has 2 nitrogen and oxygen atoms in total. The highest BCUT2D eigenvalue weighted by molar-refractivity contribution is 6.36. The Balaban J connectivity index is 2.00. The molecule has 110 valence electrons. The summed E-state index contributed by atoms with van der Waals surface area (Å²) in [5, 5.41) is 1.25. The molecule has 1 unspecified atom stereocenters. The smallest absolute Gasteiger partial charge is 0.0739 e. The van der Waals surface area contributed by atoms with Gasteiger partial charge in [0.25, 0.3) is 0 Å². The van der Waals surface area contributed by atoms with Gasteiger partial charge in [-0.15, -0.1) is 0 Å². The van der Waals surface area contributed by atoms with Crippen molar-refractivity contribution in [3.63, 3.8) is 0 Å². The molecule has 21 heavy (non-hydrogen) atoms. The van der Waals surface area contributed by atoms with Crippen LogP contribution in [0.3, 0.4) is 0 Å². The van der Waals surface area contributed by atoms with Crippen LogP contribution in [0, 0.1) is 0 Å². The molecule has 2 aromatic carbocycles. The topological polar surface area (TPSA) is 38.0 Å². The molecule has 0 radical (unpaired) electrons. The summed E-state index contributed by atoms with van der Waals surface area (Å²) in [5.74, 6) is 6.47. The molecular formula is C17H18Cl2N2. The molecule has 0 aromatic heterocycles. The van der Waals surface area contributed by atoms with Crippen LogP contribution in [0.4, 0.5) is 0 Å². The van der Waals surface area contributed by atoms with E-state index in [1.54, 1.807) is 0 Å². The van der Waals surface area contributed by atoms with E-state index in [-0.39, 0.29) is 6.04 Å². The maximum atomic E-state index is 6.31. The Morgan fingerprint density at radius 3 is 2.29 bits per heavy atom. The Kier molecular flexibility index (Phi) is 4.51. The van der Waals surface area contributed by atoms with Crippen molar-refractivity contribution >= 4 is 23.2 Å². The third kappa shape index (κ3) is 2.95. The van der Waals surface area contributed by atoms with Gasteiger partial charge >= 0.3 is 0 Å². The fraction of sp³-hybridized carbons (Fsp3) is 0.294. The summed E-state index contributed by atoms with van der Waals surface area (Å²) in [7, 11) is 0. The van der Waals surface area contributed by atoms with E-state index in [4.69, 9.17) is 29.0 Å². The predicted molar refractivity (Wildman–Crippen MR) is 88.7 cm³/mol. The number of hydrogen-bond donors (Lipinski definition) is 2. The van der Waals surface area contributed by atoms with Crippen LogP contribution in [0.2, 0.25) is 10.0 Å². The Bertz CT molecular complexity index is 618. The first-order chi connectivity index (χ1) is 10.2. The molecule has 4 heteroatoms. The number of hydrazine groups is 1. The van der Waals surface area contributed by atoms with Gasteiger partial charge in [0.15, 0.2) is 0 Å². The Morgan fingerprint density at radius 1 is 1.05 bits per heavy atom. The molecule has 0 aliphatic heterocycles. The maximum absolute atomic E-state index is 6.31.